The second-order valence-corrected chi connectivity index (χ2v) is 6.68. The van der Waals surface area contributed by atoms with Crippen LogP contribution in [0.25, 0.3) is 11.2 Å². The van der Waals surface area contributed by atoms with Gasteiger partial charge in [0.15, 0.2) is 5.65 Å². The molecule has 0 atom stereocenters. The van der Waals surface area contributed by atoms with Crippen molar-refractivity contribution in [1.29, 1.82) is 0 Å². The van der Waals surface area contributed by atoms with Gasteiger partial charge in [0.1, 0.15) is 5.52 Å². The van der Waals surface area contributed by atoms with Gasteiger partial charge >= 0.3 is 0 Å². The topological polar surface area (TPSA) is 44.8 Å². The molecule has 0 saturated carbocycles. The van der Waals surface area contributed by atoms with Crippen molar-refractivity contribution in [2.45, 2.75) is 25.3 Å². The second-order valence-electron chi connectivity index (χ2n) is 5.64. The van der Waals surface area contributed by atoms with Crippen molar-refractivity contribution in [2.24, 2.45) is 0 Å². The molecule has 1 saturated heterocycles. The van der Waals surface area contributed by atoms with Gasteiger partial charge in [-0.3, -0.25) is 9.88 Å². The summed E-state index contributed by atoms with van der Waals surface area (Å²) in [6, 6.07) is 6.53. The predicted molar refractivity (Wildman–Crippen MR) is 85.5 cm³/mol. The van der Waals surface area contributed by atoms with E-state index in [-0.39, 0.29) is 0 Å². The molecule has 0 amide bonds. The normalized spacial score (nSPS) is 17.5. The molecular formula is C16H18N4S. The van der Waals surface area contributed by atoms with Gasteiger partial charge in [-0.1, -0.05) is 6.07 Å². The Labute approximate surface area is 127 Å². The molecule has 4 nitrogen and oxygen atoms in total. The number of nitrogens with one attached hydrogen (secondary N) is 1. The van der Waals surface area contributed by atoms with Crippen LogP contribution in [-0.2, 0) is 6.54 Å². The summed E-state index contributed by atoms with van der Waals surface area (Å²) < 4.78 is 0. The molecule has 4 rings (SSSR count). The fraction of sp³-hybridized carbons (Fsp3) is 0.375. The minimum Gasteiger partial charge on any atom is -0.342 e. The third-order valence-corrected chi connectivity index (χ3v) is 5.13. The first-order valence-electron chi connectivity index (χ1n) is 7.43. The first-order valence-corrected chi connectivity index (χ1v) is 8.31. The lowest BCUT2D eigenvalue weighted by molar-refractivity contribution is 0.205. The highest BCUT2D eigenvalue weighted by molar-refractivity contribution is 7.09. The highest BCUT2D eigenvalue weighted by atomic mass is 32.1. The van der Waals surface area contributed by atoms with E-state index in [4.69, 9.17) is 0 Å². The Morgan fingerprint density at radius 2 is 2.10 bits per heavy atom. The highest BCUT2D eigenvalue weighted by Gasteiger charge is 2.22. The van der Waals surface area contributed by atoms with Gasteiger partial charge in [-0.15, -0.1) is 11.3 Å². The summed E-state index contributed by atoms with van der Waals surface area (Å²) in [4.78, 5) is 16.2. The van der Waals surface area contributed by atoms with Crippen LogP contribution in [0.1, 0.15) is 29.3 Å². The van der Waals surface area contributed by atoms with Crippen LogP contribution < -0.4 is 0 Å². The molecule has 1 aliphatic heterocycles. The van der Waals surface area contributed by atoms with Crippen molar-refractivity contribution < 1.29 is 0 Å². The third-order valence-electron chi connectivity index (χ3n) is 4.27. The molecule has 3 aromatic rings. The van der Waals surface area contributed by atoms with Crippen molar-refractivity contribution in [3.05, 3.63) is 46.5 Å². The van der Waals surface area contributed by atoms with E-state index in [0.29, 0.717) is 5.92 Å². The van der Waals surface area contributed by atoms with E-state index in [0.717, 1.165) is 17.7 Å². The molecule has 5 heteroatoms. The monoisotopic (exact) mass is 298 g/mol. The lowest BCUT2D eigenvalue weighted by Gasteiger charge is -2.31. The van der Waals surface area contributed by atoms with E-state index in [1.165, 1.54) is 36.5 Å². The van der Waals surface area contributed by atoms with Gasteiger partial charge in [-0.25, -0.2) is 4.98 Å². The molecule has 0 unspecified atom stereocenters. The van der Waals surface area contributed by atoms with Crippen molar-refractivity contribution in [2.75, 3.05) is 13.1 Å². The average Bonchev–Trinajstić information content (AvgIpc) is 3.16. The zero-order valence-corrected chi connectivity index (χ0v) is 12.6. The fourth-order valence-electron chi connectivity index (χ4n) is 3.12. The Morgan fingerprint density at radius 3 is 2.86 bits per heavy atom. The Balaban J connectivity index is 1.42. The number of piperidine rings is 1. The number of rotatable bonds is 3. The quantitative estimate of drug-likeness (QED) is 0.806. The van der Waals surface area contributed by atoms with Gasteiger partial charge in [0, 0.05) is 35.4 Å². The van der Waals surface area contributed by atoms with Crippen LogP contribution in [0.15, 0.2) is 36.0 Å². The summed E-state index contributed by atoms with van der Waals surface area (Å²) in [5, 5.41) is 2.16. The second kappa shape index (κ2) is 5.58. The summed E-state index contributed by atoms with van der Waals surface area (Å²) in [6.45, 7) is 3.43. The van der Waals surface area contributed by atoms with Crippen LogP contribution in [-0.4, -0.2) is 32.9 Å². The van der Waals surface area contributed by atoms with Gasteiger partial charge in [0.2, 0.25) is 0 Å². The standard InChI is InChI=1S/C16H18N4S/c1-2-13(21-9-1)11-20-7-3-12(4-8-20)14-10-15-16(19-14)18-6-5-17-15/h1-2,5-6,9-10,12H,3-4,7-8,11H2,(H,18,19). The number of likely N-dealkylation sites (tertiary alicyclic amines) is 1. The van der Waals surface area contributed by atoms with Gasteiger partial charge in [-0.2, -0.15) is 0 Å². The smallest absolute Gasteiger partial charge is 0.156 e. The van der Waals surface area contributed by atoms with E-state index < -0.39 is 0 Å². The van der Waals surface area contributed by atoms with Crippen molar-refractivity contribution in [1.82, 2.24) is 19.9 Å². The van der Waals surface area contributed by atoms with Crippen molar-refractivity contribution >= 4 is 22.5 Å². The molecule has 0 aliphatic carbocycles. The lowest BCUT2D eigenvalue weighted by atomic mass is 9.93. The largest absolute Gasteiger partial charge is 0.342 e. The van der Waals surface area contributed by atoms with E-state index in [1.807, 2.05) is 11.3 Å². The van der Waals surface area contributed by atoms with E-state index in [1.54, 1.807) is 12.4 Å². The Hall–Kier alpha value is -1.72. The van der Waals surface area contributed by atoms with E-state index >= 15 is 0 Å². The molecule has 0 bridgehead atoms. The molecule has 1 fully saturated rings. The summed E-state index contributed by atoms with van der Waals surface area (Å²) in [5.74, 6) is 0.612. The van der Waals surface area contributed by atoms with E-state index in [2.05, 4.69) is 43.4 Å². The van der Waals surface area contributed by atoms with Gasteiger partial charge in [-0.05, 0) is 43.4 Å². The zero-order valence-electron chi connectivity index (χ0n) is 11.8. The molecule has 1 N–H and O–H groups in total. The highest BCUT2D eigenvalue weighted by Crippen LogP contribution is 2.29. The first kappa shape index (κ1) is 13.0. The maximum absolute atomic E-state index is 4.36. The van der Waals surface area contributed by atoms with Crippen molar-refractivity contribution in [3.8, 4) is 0 Å². The van der Waals surface area contributed by atoms with E-state index in [9.17, 15) is 0 Å². The Morgan fingerprint density at radius 1 is 1.24 bits per heavy atom. The summed E-state index contributed by atoms with van der Waals surface area (Å²) in [7, 11) is 0. The number of H-pyrrole nitrogens is 1. The van der Waals surface area contributed by atoms with Crippen LogP contribution in [0, 0.1) is 0 Å². The molecule has 108 valence electrons. The number of aromatic nitrogens is 3. The first-order chi connectivity index (χ1) is 10.4. The number of thiophene rings is 1. The number of nitrogens with zero attached hydrogens (tertiary/aromatic N) is 3. The molecule has 4 heterocycles. The summed E-state index contributed by atoms with van der Waals surface area (Å²) in [5.41, 5.74) is 3.19. The van der Waals surface area contributed by atoms with Crippen LogP contribution in [0.5, 0.6) is 0 Å². The van der Waals surface area contributed by atoms with Gasteiger partial charge in [0.05, 0.1) is 0 Å². The number of fused-ring (bicyclic) bond motifs is 1. The lowest BCUT2D eigenvalue weighted by Crippen LogP contribution is -2.32. The minimum absolute atomic E-state index is 0.612. The predicted octanol–water partition coefficient (Wildman–Crippen LogP) is 3.40. The molecule has 0 aromatic carbocycles. The maximum atomic E-state index is 4.36. The molecule has 0 radical (unpaired) electrons. The zero-order chi connectivity index (χ0) is 14.1. The SMILES string of the molecule is c1csc(CN2CCC(c3cc4nccnc4[nH]3)CC2)c1. The van der Waals surface area contributed by atoms with Crippen molar-refractivity contribution in [3.63, 3.8) is 0 Å². The number of aromatic amines is 1. The minimum atomic E-state index is 0.612. The van der Waals surface area contributed by atoms with Crippen LogP contribution in [0.3, 0.4) is 0 Å². The maximum Gasteiger partial charge on any atom is 0.156 e. The molecular weight excluding hydrogens is 280 g/mol. The Bertz CT molecular complexity index is 678. The molecule has 21 heavy (non-hydrogen) atoms. The summed E-state index contributed by atoms with van der Waals surface area (Å²) >= 11 is 1.85. The van der Waals surface area contributed by atoms with Crippen LogP contribution in [0.4, 0.5) is 0 Å². The Kier molecular flexibility index (Phi) is 3.45. The third kappa shape index (κ3) is 2.71. The molecule has 1 aliphatic rings. The van der Waals surface area contributed by atoms with Gasteiger partial charge in [0.25, 0.3) is 0 Å². The summed E-state index contributed by atoms with van der Waals surface area (Å²) in [6.07, 6.45) is 5.91. The molecule has 3 aromatic heterocycles. The number of hydrogen-bond acceptors (Lipinski definition) is 4. The van der Waals surface area contributed by atoms with Gasteiger partial charge < -0.3 is 4.98 Å². The van der Waals surface area contributed by atoms with Crippen LogP contribution >= 0.6 is 11.3 Å². The fourth-order valence-corrected chi connectivity index (χ4v) is 3.86. The molecule has 0 spiro atoms. The average molecular weight is 298 g/mol. The number of hydrogen-bond donors (Lipinski definition) is 1. The van der Waals surface area contributed by atoms with Crippen LogP contribution in [0.2, 0.25) is 0 Å².